The highest BCUT2D eigenvalue weighted by Gasteiger charge is 2.36. The number of aryl methyl sites for hydroxylation is 2. The number of carbonyl (C=O) groups excluding carboxylic acids is 1. The first-order valence-corrected chi connectivity index (χ1v) is 7.40. The molecule has 3 heterocycles. The van der Waals surface area contributed by atoms with Crippen molar-refractivity contribution in [2.24, 2.45) is 18.2 Å². The van der Waals surface area contributed by atoms with Gasteiger partial charge in [0.05, 0.1) is 10.9 Å². The van der Waals surface area contributed by atoms with E-state index in [4.69, 9.17) is 5.73 Å². The second kappa shape index (κ2) is 4.95. The summed E-state index contributed by atoms with van der Waals surface area (Å²) in [6.07, 6.45) is 0.883. The first kappa shape index (κ1) is 14.8. The first-order chi connectivity index (χ1) is 10.3. The van der Waals surface area contributed by atoms with Gasteiger partial charge in [0.2, 0.25) is 0 Å². The van der Waals surface area contributed by atoms with E-state index in [9.17, 15) is 9.59 Å². The van der Waals surface area contributed by atoms with Crippen molar-refractivity contribution in [3.63, 3.8) is 0 Å². The number of rotatable bonds is 2. The van der Waals surface area contributed by atoms with Gasteiger partial charge in [0.25, 0.3) is 11.5 Å². The van der Waals surface area contributed by atoms with E-state index < -0.39 is 0 Å². The van der Waals surface area contributed by atoms with Crippen LogP contribution in [0.3, 0.4) is 0 Å². The smallest absolute Gasteiger partial charge is 0.274 e. The number of aromatic nitrogens is 3. The summed E-state index contributed by atoms with van der Waals surface area (Å²) in [6.45, 7) is 5.74. The Balaban J connectivity index is 2.07. The maximum Gasteiger partial charge on any atom is 0.274 e. The number of amides is 1. The van der Waals surface area contributed by atoms with E-state index in [2.05, 4.69) is 17.0 Å². The summed E-state index contributed by atoms with van der Waals surface area (Å²) in [5, 5.41) is 3.02. The maximum atomic E-state index is 12.9. The topological polar surface area (TPSA) is 97.0 Å². The second-order valence-electron chi connectivity index (χ2n) is 6.50. The number of carbonyl (C=O) groups is 1. The average Bonchev–Trinajstić information content (AvgIpc) is 3.00. The van der Waals surface area contributed by atoms with Gasteiger partial charge >= 0.3 is 0 Å². The van der Waals surface area contributed by atoms with E-state index in [0.29, 0.717) is 41.9 Å². The highest BCUT2D eigenvalue weighted by Crippen LogP contribution is 2.30. The molecule has 0 spiro atoms. The third kappa shape index (κ3) is 2.21. The normalized spacial score (nSPS) is 21.7. The van der Waals surface area contributed by atoms with Crippen molar-refractivity contribution in [1.29, 1.82) is 0 Å². The third-order valence-electron chi connectivity index (χ3n) is 4.51. The van der Waals surface area contributed by atoms with Crippen molar-refractivity contribution in [2.45, 2.75) is 20.3 Å². The molecule has 2 aromatic rings. The fraction of sp³-hybridized carbons (Fsp3) is 0.533. The Morgan fingerprint density at radius 3 is 2.91 bits per heavy atom. The number of hydrogen-bond acceptors (Lipinski definition) is 4. The Labute approximate surface area is 128 Å². The fourth-order valence-electron chi connectivity index (χ4n) is 3.09. The van der Waals surface area contributed by atoms with Crippen LogP contribution in [-0.4, -0.2) is 45.2 Å². The van der Waals surface area contributed by atoms with E-state index in [1.807, 2.05) is 6.92 Å². The molecule has 1 saturated heterocycles. The lowest BCUT2D eigenvalue weighted by atomic mass is 9.90. The fourth-order valence-corrected chi connectivity index (χ4v) is 3.09. The summed E-state index contributed by atoms with van der Waals surface area (Å²) >= 11 is 0. The Morgan fingerprint density at radius 1 is 1.55 bits per heavy atom. The molecule has 22 heavy (non-hydrogen) atoms. The first-order valence-electron chi connectivity index (χ1n) is 7.40. The molecule has 1 atom stereocenters. The lowest BCUT2D eigenvalue weighted by Crippen LogP contribution is -2.34. The molecule has 7 nitrogen and oxygen atoms in total. The number of hydrogen-bond donors (Lipinski definition) is 2. The van der Waals surface area contributed by atoms with Crippen LogP contribution in [0.25, 0.3) is 11.0 Å². The quantitative estimate of drug-likeness (QED) is 0.838. The van der Waals surface area contributed by atoms with Gasteiger partial charge in [0.1, 0.15) is 0 Å². The Hall–Kier alpha value is -2.15. The second-order valence-corrected chi connectivity index (χ2v) is 6.50. The molecule has 1 amide bonds. The summed E-state index contributed by atoms with van der Waals surface area (Å²) in [7, 11) is 1.71. The lowest BCUT2D eigenvalue weighted by Gasteiger charge is -2.22. The zero-order chi connectivity index (χ0) is 16.1. The van der Waals surface area contributed by atoms with Crippen LogP contribution < -0.4 is 11.3 Å². The van der Waals surface area contributed by atoms with Crippen molar-refractivity contribution in [2.75, 3.05) is 19.6 Å². The van der Waals surface area contributed by atoms with E-state index in [-0.39, 0.29) is 16.9 Å². The number of likely N-dealkylation sites (tertiary alicyclic amines) is 1. The van der Waals surface area contributed by atoms with Crippen LogP contribution in [0.2, 0.25) is 0 Å². The van der Waals surface area contributed by atoms with E-state index in [0.717, 1.165) is 6.42 Å². The molecule has 1 unspecified atom stereocenters. The summed E-state index contributed by atoms with van der Waals surface area (Å²) in [5.74, 6) is -0.121. The molecular weight excluding hydrogens is 282 g/mol. The summed E-state index contributed by atoms with van der Waals surface area (Å²) < 4.78 is 1.55. The van der Waals surface area contributed by atoms with Gasteiger partial charge in [-0.3, -0.25) is 19.4 Å². The zero-order valence-electron chi connectivity index (χ0n) is 13.1. The van der Waals surface area contributed by atoms with Gasteiger partial charge in [-0.1, -0.05) is 6.92 Å². The van der Waals surface area contributed by atoms with Crippen LogP contribution in [0.15, 0.2) is 10.9 Å². The zero-order valence-corrected chi connectivity index (χ0v) is 13.1. The minimum Gasteiger partial charge on any atom is -0.338 e. The number of fused-ring (bicyclic) bond motifs is 1. The van der Waals surface area contributed by atoms with Crippen molar-refractivity contribution >= 4 is 16.9 Å². The van der Waals surface area contributed by atoms with Crippen LogP contribution in [-0.2, 0) is 7.05 Å². The molecule has 0 radical (unpaired) electrons. The number of nitrogens with zero attached hydrogens (tertiary/aromatic N) is 3. The molecule has 7 heteroatoms. The van der Waals surface area contributed by atoms with Crippen molar-refractivity contribution in [3.8, 4) is 0 Å². The van der Waals surface area contributed by atoms with Gasteiger partial charge in [0.15, 0.2) is 5.65 Å². The molecule has 2 aromatic heterocycles. The summed E-state index contributed by atoms with van der Waals surface area (Å²) in [5.41, 5.74) is 7.12. The van der Waals surface area contributed by atoms with Gasteiger partial charge in [0, 0.05) is 25.8 Å². The molecule has 0 bridgehead atoms. The van der Waals surface area contributed by atoms with Crippen LogP contribution in [0.4, 0.5) is 0 Å². The van der Waals surface area contributed by atoms with Crippen molar-refractivity contribution in [1.82, 2.24) is 19.7 Å². The Bertz CT molecular complexity index is 806. The van der Waals surface area contributed by atoms with Gasteiger partial charge in [-0.25, -0.2) is 4.98 Å². The van der Waals surface area contributed by atoms with Crippen LogP contribution in [0.1, 0.15) is 29.4 Å². The number of nitrogens with one attached hydrogen (secondary N) is 1. The van der Waals surface area contributed by atoms with E-state index in [1.165, 1.54) is 0 Å². The third-order valence-corrected chi connectivity index (χ3v) is 4.51. The monoisotopic (exact) mass is 303 g/mol. The minimum absolute atomic E-state index is 0.0417. The van der Waals surface area contributed by atoms with Gasteiger partial charge in [-0.15, -0.1) is 0 Å². The van der Waals surface area contributed by atoms with Gasteiger partial charge in [-0.05, 0) is 31.4 Å². The number of nitrogens with two attached hydrogens (primary N) is 1. The highest BCUT2D eigenvalue weighted by atomic mass is 16.2. The largest absolute Gasteiger partial charge is 0.338 e. The standard InChI is InChI=1S/C15H21N5O2/c1-9-6-10(11-12(17-9)19(3)18-13(11)21)14(22)20-5-4-15(2,7-16)8-20/h6H,4-5,7-8,16H2,1-3H3,(H,18,21). The molecule has 3 rings (SSSR count). The minimum atomic E-state index is -0.283. The van der Waals surface area contributed by atoms with Gasteiger partial charge in [-0.2, -0.15) is 0 Å². The molecule has 118 valence electrons. The SMILES string of the molecule is Cc1cc(C(=O)N2CCC(C)(CN)C2)c2c(=O)[nH]n(C)c2n1. The highest BCUT2D eigenvalue weighted by molar-refractivity contribution is 6.05. The number of pyridine rings is 1. The molecule has 3 N–H and O–H groups in total. The maximum absolute atomic E-state index is 12.9. The van der Waals surface area contributed by atoms with E-state index >= 15 is 0 Å². The van der Waals surface area contributed by atoms with Crippen molar-refractivity contribution in [3.05, 3.63) is 27.7 Å². The molecule has 1 fully saturated rings. The van der Waals surface area contributed by atoms with Crippen molar-refractivity contribution < 1.29 is 4.79 Å². The summed E-state index contributed by atoms with van der Waals surface area (Å²) in [4.78, 5) is 31.1. The molecule has 0 aliphatic carbocycles. The van der Waals surface area contributed by atoms with Gasteiger partial charge < -0.3 is 10.6 Å². The van der Waals surface area contributed by atoms with Crippen LogP contribution >= 0.6 is 0 Å². The molecular formula is C15H21N5O2. The Morgan fingerprint density at radius 2 is 2.27 bits per heavy atom. The number of aromatic amines is 1. The molecule has 1 aliphatic rings. The Kier molecular flexibility index (Phi) is 3.32. The number of H-pyrrole nitrogens is 1. The molecule has 0 saturated carbocycles. The lowest BCUT2D eigenvalue weighted by molar-refractivity contribution is 0.0778. The van der Waals surface area contributed by atoms with Crippen LogP contribution in [0.5, 0.6) is 0 Å². The molecule has 1 aliphatic heterocycles. The van der Waals surface area contributed by atoms with Crippen LogP contribution in [0, 0.1) is 12.3 Å². The average molecular weight is 303 g/mol. The van der Waals surface area contributed by atoms with E-state index in [1.54, 1.807) is 22.7 Å². The predicted octanol–water partition coefficient (Wildman–Crippen LogP) is 0.381. The predicted molar refractivity (Wildman–Crippen MR) is 83.8 cm³/mol. The summed E-state index contributed by atoms with van der Waals surface area (Å²) in [6, 6.07) is 1.69. The molecule has 0 aromatic carbocycles.